The van der Waals surface area contributed by atoms with Gasteiger partial charge in [-0.25, -0.2) is 9.97 Å². The summed E-state index contributed by atoms with van der Waals surface area (Å²) in [7, 11) is 1.67. The van der Waals surface area contributed by atoms with Crippen molar-refractivity contribution in [2.45, 2.75) is 71.6 Å². The second-order valence-electron chi connectivity index (χ2n) is 13.8. The van der Waals surface area contributed by atoms with Gasteiger partial charge in [0.15, 0.2) is 10.3 Å². The SMILES string of the molecule is CN(C(=O)C(CC(=O)O)CC1CCCCC1)c1nc(-c2ccccc2Cl)cs1.Cc1cc(-c2csc(NC(=O)[C@@H](CC(=O)O)Cc3ccccc3)n2)c(C)s1. The number of hydrogen-bond acceptors (Lipinski definition) is 9. The fraction of sp³-hybridized carbons (Fsp3) is 0.366. The lowest BCUT2D eigenvalue weighted by atomic mass is 9.81. The monoisotopic (exact) mass is 820 g/mol. The molecule has 6 rings (SSSR count). The molecule has 0 saturated heterocycles. The molecule has 5 aromatic rings. The van der Waals surface area contributed by atoms with Gasteiger partial charge in [0, 0.05) is 49.6 Å². The third-order valence-electron chi connectivity index (χ3n) is 9.54. The number of carbonyl (C=O) groups is 4. The molecule has 1 aliphatic carbocycles. The van der Waals surface area contributed by atoms with Gasteiger partial charge in [-0.15, -0.1) is 34.0 Å². The van der Waals surface area contributed by atoms with Gasteiger partial charge in [0.05, 0.1) is 30.1 Å². The van der Waals surface area contributed by atoms with Gasteiger partial charge < -0.3 is 15.5 Å². The molecule has 1 saturated carbocycles. The highest BCUT2D eigenvalue weighted by Crippen LogP contribution is 2.35. The van der Waals surface area contributed by atoms with Crippen LogP contribution >= 0.6 is 45.6 Å². The largest absolute Gasteiger partial charge is 0.481 e. The summed E-state index contributed by atoms with van der Waals surface area (Å²) in [5.74, 6) is -3.15. The molecule has 2 atom stereocenters. The zero-order valence-electron chi connectivity index (χ0n) is 31.0. The summed E-state index contributed by atoms with van der Waals surface area (Å²) in [6.45, 7) is 4.10. The lowest BCUT2D eigenvalue weighted by Crippen LogP contribution is -2.35. The van der Waals surface area contributed by atoms with E-state index in [9.17, 15) is 29.4 Å². The topological polar surface area (TPSA) is 150 Å². The number of nitrogens with zero attached hydrogens (tertiary/aromatic N) is 3. The lowest BCUT2D eigenvalue weighted by molar-refractivity contribution is -0.141. The van der Waals surface area contributed by atoms with Crippen LogP contribution in [0.25, 0.3) is 22.5 Å². The van der Waals surface area contributed by atoms with Crippen molar-refractivity contribution >= 4 is 79.6 Å². The van der Waals surface area contributed by atoms with Crippen molar-refractivity contribution < 1.29 is 29.4 Å². The molecule has 2 aromatic carbocycles. The molecule has 3 heterocycles. The molecule has 14 heteroatoms. The number of carboxylic acid groups (broad SMARTS) is 2. The highest BCUT2D eigenvalue weighted by Gasteiger charge is 2.30. The molecule has 1 fully saturated rings. The molecule has 1 unspecified atom stereocenters. The maximum absolute atomic E-state index is 13.1. The number of halogens is 1. The fourth-order valence-corrected chi connectivity index (χ4v) is 9.48. The maximum atomic E-state index is 13.1. The number of aliphatic carboxylic acids is 2. The van der Waals surface area contributed by atoms with Crippen LogP contribution in [0, 0.1) is 31.6 Å². The number of rotatable bonds is 14. The summed E-state index contributed by atoms with van der Waals surface area (Å²) in [5.41, 5.74) is 4.36. The second-order valence-corrected chi connectivity index (χ2v) is 17.3. The Labute approximate surface area is 338 Å². The van der Waals surface area contributed by atoms with E-state index < -0.39 is 23.8 Å². The quantitative estimate of drug-likeness (QED) is 0.100. The molecular weight excluding hydrogens is 776 g/mol. The van der Waals surface area contributed by atoms with Crippen LogP contribution in [0.15, 0.2) is 71.4 Å². The number of nitrogens with one attached hydrogen (secondary N) is 1. The highest BCUT2D eigenvalue weighted by atomic mass is 35.5. The first-order chi connectivity index (χ1) is 26.4. The number of aromatic nitrogens is 2. The van der Waals surface area contributed by atoms with Crippen LogP contribution < -0.4 is 10.2 Å². The minimum Gasteiger partial charge on any atom is -0.481 e. The van der Waals surface area contributed by atoms with Crippen LogP contribution in [-0.2, 0) is 25.6 Å². The number of benzene rings is 2. The number of carboxylic acids is 2. The van der Waals surface area contributed by atoms with Gasteiger partial charge in [0.25, 0.3) is 0 Å². The van der Waals surface area contributed by atoms with Crippen LogP contribution in [0.3, 0.4) is 0 Å². The van der Waals surface area contributed by atoms with E-state index in [0.717, 1.165) is 35.2 Å². The van der Waals surface area contributed by atoms with E-state index in [4.69, 9.17) is 11.6 Å². The zero-order valence-corrected chi connectivity index (χ0v) is 34.2. The van der Waals surface area contributed by atoms with E-state index in [-0.39, 0.29) is 24.7 Å². The van der Waals surface area contributed by atoms with Crippen molar-refractivity contribution in [1.82, 2.24) is 9.97 Å². The standard InChI is InChI=1S/C21H25ClN2O3S.C20H20N2O3S2/c1-24(21-23-18(13-28-21)16-9-5-6-10-17(16)22)20(27)15(12-19(25)26)11-14-7-3-2-4-8-14;1-12-8-16(13(2)27-12)17-11-26-20(21-17)22-19(25)15(10-18(23)24)9-14-6-4-3-5-7-14/h5-6,9-10,13-15H,2-4,7-8,11-12H2,1H3,(H,25,26);3-8,11,15H,9-10H2,1-2H3,(H,23,24)(H,21,22,25)/t;15-/m.1/s1. The molecule has 55 heavy (non-hydrogen) atoms. The summed E-state index contributed by atoms with van der Waals surface area (Å²) in [6, 6.07) is 19.0. The van der Waals surface area contributed by atoms with Crippen LogP contribution in [0.4, 0.5) is 10.3 Å². The molecule has 0 aliphatic heterocycles. The Hall–Kier alpha value is -4.43. The van der Waals surface area contributed by atoms with E-state index in [1.807, 2.05) is 66.2 Å². The molecule has 3 aromatic heterocycles. The average Bonchev–Trinajstić information content (AvgIpc) is 3.91. The van der Waals surface area contributed by atoms with Gasteiger partial charge in [0.1, 0.15) is 0 Å². The number of thiazole rings is 2. The summed E-state index contributed by atoms with van der Waals surface area (Å²) < 4.78 is 0. The highest BCUT2D eigenvalue weighted by molar-refractivity contribution is 7.14. The Morgan fingerprint density at radius 1 is 0.855 bits per heavy atom. The van der Waals surface area contributed by atoms with Crippen molar-refractivity contribution in [3.05, 3.63) is 91.8 Å². The molecular formula is C41H45ClN4O6S3. The third kappa shape index (κ3) is 12.0. The Bertz CT molecular complexity index is 2070. The number of carbonyl (C=O) groups excluding carboxylic acids is 2. The first-order valence-electron chi connectivity index (χ1n) is 18.2. The van der Waals surface area contributed by atoms with E-state index in [2.05, 4.69) is 28.3 Å². The van der Waals surface area contributed by atoms with Crippen LogP contribution in [0.2, 0.25) is 5.02 Å². The molecule has 10 nitrogen and oxygen atoms in total. The third-order valence-corrected chi connectivity index (χ3v) is 12.5. The maximum Gasteiger partial charge on any atom is 0.304 e. The Kier molecular flexibility index (Phi) is 15.1. The Morgan fingerprint density at radius 2 is 1.49 bits per heavy atom. The second kappa shape index (κ2) is 19.9. The molecule has 290 valence electrons. The summed E-state index contributed by atoms with van der Waals surface area (Å²) >= 11 is 10.7. The van der Waals surface area contributed by atoms with Gasteiger partial charge in [-0.3, -0.25) is 24.1 Å². The van der Waals surface area contributed by atoms with Crippen molar-refractivity contribution in [3.8, 4) is 22.5 Å². The Morgan fingerprint density at radius 3 is 2.15 bits per heavy atom. The lowest BCUT2D eigenvalue weighted by Gasteiger charge is -2.27. The van der Waals surface area contributed by atoms with Crippen molar-refractivity contribution in [2.75, 3.05) is 17.3 Å². The van der Waals surface area contributed by atoms with Crippen molar-refractivity contribution in [2.24, 2.45) is 17.8 Å². The number of hydrogen-bond donors (Lipinski definition) is 3. The van der Waals surface area contributed by atoms with E-state index >= 15 is 0 Å². The normalized spacial score (nSPS) is 14.0. The van der Waals surface area contributed by atoms with Gasteiger partial charge in [-0.2, -0.15) is 0 Å². The van der Waals surface area contributed by atoms with Gasteiger partial charge >= 0.3 is 11.9 Å². The van der Waals surface area contributed by atoms with Crippen LogP contribution in [0.1, 0.15) is 66.7 Å². The van der Waals surface area contributed by atoms with Gasteiger partial charge in [0.2, 0.25) is 11.8 Å². The van der Waals surface area contributed by atoms with E-state index in [0.29, 0.717) is 39.7 Å². The number of anilines is 2. The first-order valence-corrected chi connectivity index (χ1v) is 21.1. The smallest absolute Gasteiger partial charge is 0.304 e. The molecule has 2 amide bonds. The minimum absolute atomic E-state index is 0.136. The molecule has 3 N–H and O–H groups in total. The number of aryl methyl sites for hydroxylation is 2. The average molecular weight is 821 g/mol. The van der Waals surface area contributed by atoms with E-state index in [1.54, 1.807) is 24.5 Å². The molecule has 1 aliphatic rings. The van der Waals surface area contributed by atoms with Crippen LogP contribution in [0.5, 0.6) is 0 Å². The zero-order chi connectivity index (χ0) is 39.5. The summed E-state index contributed by atoms with van der Waals surface area (Å²) in [4.78, 5) is 61.2. The van der Waals surface area contributed by atoms with E-state index in [1.165, 1.54) is 56.6 Å². The first kappa shape index (κ1) is 41.7. The van der Waals surface area contributed by atoms with Gasteiger partial charge in [-0.05, 0) is 50.3 Å². The van der Waals surface area contributed by atoms with Crippen LogP contribution in [-0.4, -0.2) is 51.0 Å². The number of thiophene rings is 1. The summed E-state index contributed by atoms with van der Waals surface area (Å²) in [6.07, 6.45) is 6.40. The predicted octanol–water partition coefficient (Wildman–Crippen LogP) is 10.2. The Balaban J connectivity index is 0.000000211. The molecule has 0 bridgehead atoms. The molecule has 0 spiro atoms. The molecule has 0 radical (unpaired) electrons. The fourth-order valence-electron chi connectivity index (χ4n) is 6.80. The summed E-state index contributed by atoms with van der Waals surface area (Å²) in [5, 5.41) is 26.7. The predicted molar refractivity (Wildman–Crippen MR) is 222 cm³/mol. The van der Waals surface area contributed by atoms with Gasteiger partial charge in [-0.1, -0.05) is 92.2 Å². The van der Waals surface area contributed by atoms with Crippen molar-refractivity contribution in [3.63, 3.8) is 0 Å². The number of amides is 2. The van der Waals surface area contributed by atoms with Crippen molar-refractivity contribution in [1.29, 1.82) is 0 Å². The minimum atomic E-state index is -0.990.